The van der Waals surface area contributed by atoms with Crippen LogP contribution in [0, 0.1) is 6.92 Å². The fraction of sp³-hybridized carbons (Fsp3) is 0.368. The molecule has 0 aromatic heterocycles. The molecule has 0 saturated carbocycles. The van der Waals surface area contributed by atoms with Gasteiger partial charge in [0.2, 0.25) is 0 Å². The van der Waals surface area contributed by atoms with Crippen molar-refractivity contribution in [1.82, 2.24) is 5.32 Å². The molecule has 1 aliphatic heterocycles. The highest BCUT2D eigenvalue weighted by atomic mass is 15.1. The first-order valence-electron chi connectivity index (χ1n) is 7.71. The summed E-state index contributed by atoms with van der Waals surface area (Å²) in [7, 11) is 0. The number of aryl methyl sites for hydroxylation is 2. The standard InChI is InChI=1S/C19H21N/c1-13-2-4-14(5-3-13)15-6-7-17-11-18(19-12-20-19)9-8-16(17)10-15/h2-5,8-9,11,15,19-20H,6-7,10,12H2,1H3/t15?,19-/m0/s1. The van der Waals surface area contributed by atoms with E-state index in [0.29, 0.717) is 12.0 Å². The van der Waals surface area contributed by atoms with Gasteiger partial charge in [-0.3, -0.25) is 0 Å². The first kappa shape index (κ1) is 12.2. The minimum absolute atomic E-state index is 0.634. The van der Waals surface area contributed by atoms with Crippen LogP contribution in [-0.4, -0.2) is 6.54 Å². The van der Waals surface area contributed by atoms with Gasteiger partial charge in [0, 0.05) is 12.6 Å². The van der Waals surface area contributed by atoms with Crippen molar-refractivity contribution in [3.8, 4) is 0 Å². The molecule has 1 heteroatoms. The number of benzene rings is 2. The highest BCUT2D eigenvalue weighted by Gasteiger charge is 2.25. The molecule has 1 unspecified atom stereocenters. The SMILES string of the molecule is Cc1ccc(C2CCc3cc([C@@H]4CN4)ccc3C2)cc1. The molecule has 4 rings (SSSR count). The molecule has 102 valence electrons. The molecule has 1 nitrogen and oxygen atoms in total. The zero-order chi connectivity index (χ0) is 13.5. The molecule has 2 aromatic rings. The van der Waals surface area contributed by atoms with Gasteiger partial charge in [-0.1, -0.05) is 48.0 Å². The Labute approximate surface area is 121 Å². The van der Waals surface area contributed by atoms with Gasteiger partial charge in [-0.15, -0.1) is 0 Å². The maximum Gasteiger partial charge on any atom is 0.0447 e. The maximum atomic E-state index is 3.40. The second-order valence-electron chi connectivity index (χ2n) is 6.34. The van der Waals surface area contributed by atoms with Gasteiger partial charge >= 0.3 is 0 Å². The van der Waals surface area contributed by atoms with E-state index in [1.807, 2.05) is 0 Å². The molecule has 20 heavy (non-hydrogen) atoms. The lowest BCUT2D eigenvalue weighted by Crippen LogP contribution is -2.13. The number of rotatable bonds is 2. The summed E-state index contributed by atoms with van der Waals surface area (Å²) in [5, 5.41) is 3.40. The molecule has 0 spiro atoms. The third-order valence-corrected chi connectivity index (χ3v) is 4.82. The van der Waals surface area contributed by atoms with E-state index in [9.17, 15) is 0 Å². The van der Waals surface area contributed by atoms with E-state index in [0.717, 1.165) is 6.54 Å². The number of hydrogen-bond donors (Lipinski definition) is 1. The summed E-state index contributed by atoms with van der Waals surface area (Å²) >= 11 is 0. The molecule has 1 fully saturated rings. The molecule has 1 aliphatic carbocycles. The Hall–Kier alpha value is -1.60. The van der Waals surface area contributed by atoms with Crippen molar-refractivity contribution in [1.29, 1.82) is 0 Å². The summed E-state index contributed by atoms with van der Waals surface area (Å²) in [5.41, 5.74) is 7.49. The van der Waals surface area contributed by atoms with Crippen LogP contribution in [0.1, 0.15) is 46.2 Å². The Morgan fingerprint density at radius 1 is 0.950 bits per heavy atom. The van der Waals surface area contributed by atoms with Crippen molar-refractivity contribution >= 4 is 0 Å². The lowest BCUT2D eigenvalue weighted by Gasteiger charge is -2.25. The normalized spacial score (nSPS) is 24.2. The van der Waals surface area contributed by atoms with Crippen LogP contribution < -0.4 is 5.32 Å². The fourth-order valence-corrected chi connectivity index (χ4v) is 3.41. The van der Waals surface area contributed by atoms with Crippen molar-refractivity contribution < 1.29 is 0 Å². The average Bonchev–Trinajstić information content (AvgIpc) is 3.32. The Morgan fingerprint density at radius 3 is 2.45 bits per heavy atom. The molecule has 0 radical (unpaired) electrons. The highest BCUT2D eigenvalue weighted by Crippen LogP contribution is 2.34. The second-order valence-corrected chi connectivity index (χ2v) is 6.34. The molecule has 1 heterocycles. The molecule has 0 bridgehead atoms. The predicted octanol–water partition coefficient (Wildman–Crippen LogP) is 3.91. The van der Waals surface area contributed by atoms with Crippen LogP contribution in [0.4, 0.5) is 0 Å². The van der Waals surface area contributed by atoms with E-state index in [-0.39, 0.29) is 0 Å². The van der Waals surface area contributed by atoms with Crippen molar-refractivity contribution in [3.63, 3.8) is 0 Å². The second kappa shape index (κ2) is 4.75. The minimum atomic E-state index is 0.634. The zero-order valence-corrected chi connectivity index (χ0v) is 12.0. The van der Waals surface area contributed by atoms with Crippen LogP contribution in [0.5, 0.6) is 0 Å². The maximum absolute atomic E-state index is 3.40. The van der Waals surface area contributed by atoms with Gasteiger partial charge in [-0.25, -0.2) is 0 Å². The minimum Gasteiger partial charge on any atom is -0.307 e. The molecule has 2 atom stereocenters. The van der Waals surface area contributed by atoms with E-state index in [4.69, 9.17) is 0 Å². The number of hydrogen-bond acceptors (Lipinski definition) is 1. The van der Waals surface area contributed by atoms with Crippen molar-refractivity contribution in [3.05, 3.63) is 70.3 Å². The van der Waals surface area contributed by atoms with Crippen molar-refractivity contribution in [2.24, 2.45) is 0 Å². The van der Waals surface area contributed by atoms with Crippen LogP contribution in [0.25, 0.3) is 0 Å². The zero-order valence-electron chi connectivity index (χ0n) is 12.0. The molecule has 2 aromatic carbocycles. The smallest absolute Gasteiger partial charge is 0.0447 e. The van der Waals surface area contributed by atoms with Crippen molar-refractivity contribution in [2.75, 3.05) is 6.54 Å². The molecular weight excluding hydrogens is 242 g/mol. The molecule has 1 N–H and O–H groups in total. The predicted molar refractivity (Wildman–Crippen MR) is 83.1 cm³/mol. The third-order valence-electron chi connectivity index (χ3n) is 4.82. The van der Waals surface area contributed by atoms with Crippen LogP contribution in [0.2, 0.25) is 0 Å². The molecule has 1 saturated heterocycles. The van der Waals surface area contributed by atoms with Gasteiger partial charge in [0.15, 0.2) is 0 Å². The van der Waals surface area contributed by atoms with Gasteiger partial charge in [0.25, 0.3) is 0 Å². The monoisotopic (exact) mass is 263 g/mol. The van der Waals surface area contributed by atoms with E-state index >= 15 is 0 Å². The Kier molecular flexibility index (Phi) is 2.89. The fourth-order valence-electron chi connectivity index (χ4n) is 3.41. The Morgan fingerprint density at radius 2 is 1.70 bits per heavy atom. The average molecular weight is 263 g/mol. The third kappa shape index (κ3) is 2.27. The molecule has 2 aliphatic rings. The van der Waals surface area contributed by atoms with Gasteiger partial charge in [0.05, 0.1) is 0 Å². The number of fused-ring (bicyclic) bond motifs is 1. The Balaban J connectivity index is 1.58. The van der Waals surface area contributed by atoms with Crippen molar-refractivity contribution in [2.45, 2.75) is 38.1 Å². The molecule has 0 amide bonds. The van der Waals surface area contributed by atoms with Gasteiger partial charge < -0.3 is 5.32 Å². The van der Waals surface area contributed by atoms with Gasteiger partial charge in [-0.2, -0.15) is 0 Å². The van der Waals surface area contributed by atoms with Crippen LogP contribution in [-0.2, 0) is 12.8 Å². The first-order chi connectivity index (χ1) is 9.79. The summed E-state index contributed by atoms with van der Waals surface area (Å²) in [6.07, 6.45) is 3.73. The lowest BCUT2D eigenvalue weighted by molar-refractivity contribution is 0.584. The van der Waals surface area contributed by atoms with Crippen LogP contribution in [0.3, 0.4) is 0 Å². The van der Waals surface area contributed by atoms with E-state index in [1.165, 1.54) is 36.0 Å². The van der Waals surface area contributed by atoms with Crippen LogP contribution in [0.15, 0.2) is 42.5 Å². The van der Waals surface area contributed by atoms with Gasteiger partial charge in [-0.05, 0) is 54.4 Å². The quantitative estimate of drug-likeness (QED) is 0.815. The molecular formula is C19H21N. The van der Waals surface area contributed by atoms with Crippen LogP contribution >= 0.6 is 0 Å². The van der Waals surface area contributed by atoms with Gasteiger partial charge in [0.1, 0.15) is 0 Å². The Bertz CT molecular complexity index is 623. The summed E-state index contributed by atoms with van der Waals surface area (Å²) in [4.78, 5) is 0. The summed E-state index contributed by atoms with van der Waals surface area (Å²) < 4.78 is 0. The van der Waals surface area contributed by atoms with E-state index in [2.05, 4.69) is 54.7 Å². The van der Waals surface area contributed by atoms with E-state index < -0.39 is 0 Å². The summed E-state index contributed by atoms with van der Waals surface area (Å²) in [5.74, 6) is 0.702. The lowest BCUT2D eigenvalue weighted by atomic mass is 9.79. The summed E-state index contributed by atoms with van der Waals surface area (Å²) in [6, 6.07) is 16.9. The number of nitrogens with one attached hydrogen (secondary N) is 1. The first-order valence-corrected chi connectivity index (χ1v) is 7.71. The van der Waals surface area contributed by atoms with E-state index in [1.54, 1.807) is 11.1 Å². The topological polar surface area (TPSA) is 21.9 Å². The highest BCUT2D eigenvalue weighted by molar-refractivity contribution is 5.39. The largest absolute Gasteiger partial charge is 0.307 e. The summed E-state index contributed by atoms with van der Waals surface area (Å²) in [6.45, 7) is 3.32.